The second-order valence-corrected chi connectivity index (χ2v) is 8.23. The van der Waals surface area contributed by atoms with Crippen molar-refractivity contribution in [1.82, 2.24) is 9.97 Å². The van der Waals surface area contributed by atoms with E-state index in [9.17, 15) is 0 Å². The lowest BCUT2D eigenvalue weighted by Gasteiger charge is -2.12. The summed E-state index contributed by atoms with van der Waals surface area (Å²) in [6.07, 6.45) is 3.61. The normalized spacial score (nSPS) is 10.5. The minimum Gasteiger partial charge on any atom is -0.497 e. The minimum atomic E-state index is 0.689. The van der Waals surface area contributed by atoms with E-state index in [0.717, 1.165) is 45.5 Å². The molecule has 2 N–H and O–H groups in total. The van der Waals surface area contributed by atoms with Crippen LogP contribution in [0, 0.1) is 0 Å². The van der Waals surface area contributed by atoms with Crippen molar-refractivity contribution in [3.05, 3.63) is 101 Å². The molecule has 5 nitrogen and oxygen atoms in total. The fourth-order valence-electron chi connectivity index (χ4n) is 3.86. The molecule has 35 heavy (non-hydrogen) atoms. The van der Waals surface area contributed by atoms with Gasteiger partial charge in [-0.2, -0.15) is 0 Å². The summed E-state index contributed by atoms with van der Waals surface area (Å²) in [6, 6.07) is 24.3. The Hall–Kier alpha value is -3.83. The number of hydrogen-bond donors (Lipinski definition) is 2. The molecule has 0 spiro atoms. The van der Waals surface area contributed by atoms with Gasteiger partial charge in [-0.1, -0.05) is 55.8 Å². The van der Waals surface area contributed by atoms with Crippen LogP contribution >= 0.6 is 11.6 Å². The number of nitrogens with zero attached hydrogens (tertiary/aromatic N) is 2. The van der Waals surface area contributed by atoms with Gasteiger partial charge in [0.05, 0.1) is 23.8 Å². The first kappa shape index (κ1) is 24.3. The molecule has 0 bridgehead atoms. The first-order valence-electron chi connectivity index (χ1n) is 11.7. The molecule has 5 rings (SSSR count). The first-order valence-corrected chi connectivity index (χ1v) is 12.1. The molecule has 3 aromatic carbocycles. The largest absolute Gasteiger partial charge is 0.497 e. The highest BCUT2D eigenvalue weighted by molar-refractivity contribution is 6.31. The molecule has 0 aliphatic rings. The number of rotatable bonds is 7. The smallest absolute Gasteiger partial charge is 0.121 e. The molecule has 178 valence electrons. The van der Waals surface area contributed by atoms with Crippen molar-refractivity contribution in [3.63, 3.8) is 0 Å². The number of fused-ring (bicyclic) bond motifs is 2. The molecule has 0 radical (unpaired) electrons. The highest BCUT2D eigenvalue weighted by Gasteiger charge is 2.06. The van der Waals surface area contributed by atoms with Crippen LogP contribution in [0.1, 0.15) is 25.0 Å². The molecular weight excluding hydrogens is 456 g/mol. The van der Waals surface area contributed by atoms with Crippen LogP contribution < -0.4 is 15.4 Å². The van der Waals surface area contributed by atoms with Gasteiger partial charge in [-0.05, 0) is 47.5 Å². The van der Waals surface area contributed by atoms with Gasteiger partial charge in [0.25, 0.3) is 0 Å². The minimum absolute atomic E-state index is 0.689. The average Bonchev–Trinajstić information content (AvgIpc) is 2.91. The van der Waals surface area contributed by atoms with Crippen LogP contribution in [0.15, 0.2) is 85.2 Å². The van der Waals surface area contributed by atoms with E-state index in [1.165, 1.54) is 11.1 Å². The molecule has 2 heterocycles. The summed E-state index contributed by atoms with van der Waals surface area (Å²) < 4.78 is 5.44. The molecule has 0 atom stereocenters. The van der Waals surface area contributed by atoms with Gasteiger partial charge in [-0.3, -0.25) is 9.97 Å². The van der Waals surface area contributed by atoms with E-state index < -0.39 is 0 Å². The number of hydrogen-bond acceptors (Lipinski definition) is 5. The van der Waals surface area contributed by atoms with Crippen LogP contribution in [0.3, 0.4) is 0 Å². The van der Waals surface area contributed by atoms with Gasteiger partial charge in [-0.15, -0.1) is 0 Å². The topological polar surface area (TPSA) is 59.1 Å². The summed E-state index contributed by atoms with van der Waals surface area (Å²) in [4.78, 5) is 8.93. The maximum absolute atomic E-state index is 6.09. The van der Waals surface area contributed by atoms with Crippen LogP contribution in [0.2, 0.25) is 5.02 Å². The number of pyridine rings is 2. The van der Waals surface area contributed by atoms with Gasteiger partial charge in [-0.25, -0.2) is 0 Å². The van der Waals surface area contributed by atoms with E-state index in [1.54, 1.807) is 13.3 Å². The summed E-state index contributed by atoms with van der Waals surface area (Å²) in [5, 5.41) is 9.81. The van der Waals surface area contributed by atoms with Crippen LogP contribution in [0.25, 0.3) is 21.8 Å². The van der Waals surface area contributed by atoms with Gasteiger partial charge in [0.2, 0.25) is 0 Å². The lowest BCUT2D eigenvalue weighted by atomic mass is 10.1. The summed E-state index contributed by atoms with van der Waals surface area (Å²) in [5.41, 5.74) is 6.21. The molecule has 5 aromatic rings. The van der Waals surface area contributed by atoms with Gasteiger partial charge in [0, 0.05) is 53.0 Å². The molecule has 2 aromatic heterocycles. The third-order valence-electron chi connectivity index (χ3n) is 5.61. The Morgan fingerprint density at radius 2 is 1.49 bits per heavy atom. The number of ether oxygens (including phenoxy) is 1. The van der Waals surface area contributed by atoms with Crippen LogP contribution in [-0.4, -0.2) is 17.1 Å². The predicted octanol–water partition coefficient (Wildman–Crippen LogP) is 7.70. The van der Waals surface area contributed by atoms with Gasteiger partial charge in [0.1, 0.15) is 5.75 Å². The predicted molar refractivity (Wildman–Crippen MR) is 147 cm³/mol. The lowest BCUT2D eigenvalue weighted by molar-refractivity contribution is 0.415. The van der Waals surface area contributed by atoms with Crippen molar-refractivity contribution >= 4 is 44.8 Å². The lowest BCUT2D eigenvalue weighted by Crippen LogP contribution is -2.03. The Balaban J connectivity index is 0.00000141. The maximum atomic E-state index is 6.09. The Morgan fingerprint density at radius 1 is 0.771 bits per heavy atom. The van der Waals surface area contributed by atoms with Gasteiger partial charge < -0.3 is 15.4 Å². The number of halogens is 1. The zero-order valence-corrected chi connectivity index (χ0v) is 20.9. The van der Waals surface area contributed by atoms with Crippen LogP contribution in [0.5, 0.6) is 5.75 Å². The van der Waals surface area contributed by atoms with Crippen molar-refractivity contribution in [1.29, 1.82) is 0 Å². The van der Waals surface area contributed by atoms with Gasteiger partial charge >= 0.3 is 0 Å². The highest BCUT2D eigenvalue weighted by atomic mass is 35.5. The van der Waals surface area contributed by atoms with E-state index in [1.807, 2.05) is 68.6 Å². The summed E-state index contributed by atoms with van der Waals surface area (Å²) in [5.74, 6) is 0.810. The quantitative estimate of drug-likeness (QED) is 0.248. The molecule has 0 saturated heterocycles. The number of anilines is 2. The summed E-state index contributed by atoms with van der Waals surface area (Å²) in [6.45, 7) is 5.42. The van der Waals surface area contributed by atoms with Crippen LogP contribution in [0.4, 0.5) is 11.4 Å². The van der Waals surface area contributed by atoms with Crippen LogP contribution in [-0.2, 0) is 13.1 Å². The van der Waals surface area contributed by atoms with E-state index in [0.29, 0.717) is 11.6 Å². The Bertz CT molecular complexity index is 1420. The third kappa shape index (κ3) is 5.81. The molecule has 6 heteroatoms. The van der Waals surface area contributed by atoms with Crippen molar-refractivity contribution in [2.75, 3.05) is 17.7 Å². The fourth-order valence-corrected chi connectivity index (χ4v) is 4.03. The van der Waals surface area contributed by atoms with Crippen molar-refractivity contribution in [2.24, 2.45) is 0 Å². The van der Waals surface area contributed by atoms with Crippen molar-refractivity contribution < 1.29 is 4.74 Å². The second-order valence-electron chi connectivity index (χ2n) is 7.79. The van der Waals surface area contributed by atoms with E-state index in [-0.39, 0.29) is 0 Å². The molecule has 0 unspecified atom stereocenters. The first-order chi connectivity index (χ1) is 17.2. The third-order valence-corrected chi connectivity index (χ3v) is 5.84. The fraction of sp³-hybridized carbons (Fsp3) is 0.172. The SMILES string of the molecule is CC.COc1cc(NCc2ccc(CNc3ccnc4cc(Cl)ccc34)cc2)c2ncccc2c1. The molecule has 0 saturated carbocycles. The molecule has 0 fully saturated rings. The van der Waals surface area contributed by atoms with E-state index in [4.69, 9.17) is 16.3 Å². The molecule has 0 amide bonds. The zero-order valence-electron chi connectivity index (χ0n) is 20.2. The monoisotopic (exact) mass is 484 g/mol. The molecular formula is C29H29ClN4O. The number of benzene rings is 3. The number of aromatic nitrogens is 2. The Morgan fingerprint density at radius 3 is 2.20 bits per heavy atom. The van der Waals surface area contributed by atoms with Crippen molar-refractivity contribution in [2.45, 2.75) is 26.9 Å². The Labute approximate surface area is 211 Å². The number of nitrogens with one attached hydrogen (secondary N) is 2. The number of methoxy groups -OCH3 is 1. The van der Waals surface area contributed by atoms with Gasteiger partial charge in [0.15, 0.2) is 0 Å². The standard InChI is InChI=1S/C27H23ClN4O.C2H6/c1-33-22-13-20-3-2-11-30-27(20)26(15-22)32-17-19-6-4-18(5-7-19)16-31-24-10-12-29-25-14-21(28)8-9-23(24)25;1-2/h2-15,32H,16-17H2,1H3,(H,29,31);1-2H3. The highest BCUT2D eigenvalue weighted by Crippen LogP contribution is 2.28. The van der Waals surface area contributed by atoms with E-state index in [2.05, 4.69) is 44.9 Å². The Kier molecular flexibility index (Phi) is 8.01. The zero-order chi connectivity index (χ0) is 24.6. The molecule has 0 aliphatic carbocycles. The van der Waals surface area contributed by atoms with E-state index >= 15 is 0 Å². The average molecular weight is 485 g/mol. The molecule has 0 aliphatic heterocycles. The van der Waals surface area contributed by atoms with Crippen molar-refractivity contribution in [3.8, 4) is 5.75 Å². The second kappa shape index (κ2) is 11.5. The maximum Gasteiger partial charge on any atom is 0.121 e. The summed E-state index contributed by atoms with van der Waals surface area (Å²) >= 11 is 6.09. The summed E-state index contributed by atoms with van der Waals surface area (Å²) in [7, 11) is 1.68.